The molecule has 0 aliphatic rings. The highest BCUT2D eigenvalue weighted by Crippen LogP contribution is 2.26. The summed E-state index contributed by atoms with van der Waals surface area (Å²) in [5.41, 5.74) is 2.80. The van der Waals surface area contributed by atoms with Gasteiger partial charge < -0.3 is 14.2 Å². The molecule has 0 aliphatic carbocycles. The zero-order valence-corrected chi connectivity index (χ0v) is 12.1. The molecular formula is C15H18N2O3. The summed E-state index contributed by atoms with van der Waals surface area (Å²) >= 11 is 0. The molecule has 106 valence electrons. The lowest BCUT2D eigenvalue weighted by Crippen LogP contribution is -1.99. The van der Waals surface area contributed by atoms with Gasteiger partial charge in [0.25, 0.3) is 0 Å². The van der Waals surface area contributed by atoms with Crippen LogP contribution in [0.5, 0.6) is 11.9 Å². The number of nitrogens with zero attached hydrogens (tertiary/aromatic N) is 2. The second-order valence-electron chi connectivity index (χ2n) is 4.29. The first-order valence-corrected chi connectivity index (χ1v) is 6.28. The van der Waals surface area contributed by atoms with Gasteiger partial charge in [0.15, 0.2) is 0 Å². The molecule has 0 saturated carbocycles. The molecule has 0 N–H and O–H groups in total. The summed E-state index contributed by atoms with van der Waals surface area (Å²) in [6.07, 6.45) is 0.0283. The van der Waals surface area contributed by atoms with Crippen molar-refractivity contribution in [1.82, 2.24) is 9.97 Å². The standard InChI is InChI=1S/C15H18N2O3/c1-10(18-2)11-6-5-7-12(8-11)13-9-14(19-3)17-15(16-13)20-4/h5-10H,1-4H3/t10-/m0/s1. The van der Waals surface area contributed by atoms with E-state index in [2.05, 4.69) is 9.97 Å². The van der Waals surface area contributed by atoms with Crippen molar-refractivity contribution in [2.75, 3.05) is 21.3 Å². The lowest BCUT2D eigenvalue weighted by atomic mass is 10.0. The number of ether oxygens (including phenoxy) is 3. The van der Waals surface area contributed by atoms with Crippen LogP contribution in [0.2, 0.25) is 0 Å². The molecule has 0 bridgehead atoms. The fourth-order valence-electron chi connectivity index (χ4n) is 1.83. The van der Waals surface area contributed by atoms with Gasteiger partial charge in [0.05, 0.1) is 26.0 Å². The Balaban J connectivity index is 2.45. The van der Waals surface area contributed by atoms with E-state index in [-0.39, 0.29) is 12.1 Å². The predicted molar refractivity (Wildman–Crippen MR) is 76.0 cm³/mol. The fraction of sp³-hybridized carbons (Fsp3) is 0.333. The van der Waals surface area contributed by atoms with Gasteiger partial charge in [0.2, 0.25) is 5.88 Å². The van der Waals surface area contributed by atoms with Crippen LogP contribution in [-0.2, 0) is 4.74 Å². The Morgan fingerprint density at radius 3 is 2.45 bits per heavy atom. The molecule has 0 radical (unpaired) electrons. The van der Waals surface area contributed by atoms with Gasteiger partial charge in [-0.2, -0.15) is 9.97 Å². The zero-order valence-electron chi connectivity index (χ0n) is 12.1. The van der Waals surface area contributed by atoms with Crippen molar-refractivity contribution in [3.63, 3.8) is 0 Å². The van der Waals surface area contributed by atoms with Gasteiger partial charge in [-0.15, -0.1) is 0 Å². The molecule has 2 aromatic rings. The summed E-state index contributed by atoms with van der Waals surface area (Å²) in [4.78, 5) is 8.43. The lowest BCUT2D eigenvalue weighted by molar-refractivity contribution is 0.119. The number of methoxy groups -OCH3 is 3. The molecule has 5 heteroatoms. The summed E-state index contributed by atoms with van der Waals surface area (Å²) in [6.45, 7) is 2.00. The molecule has 0 unspecified atom stereocenters. The van der Waals surface area contributed by atoms with Crippen LogP contribution in [0.4, 0.5) is 0 Å². The van der Waals surface area contributed by atoms with Crippen molar-refractivity contribution in [3.05, 3.63) is 35.9 Å². The van der Waals surface area contributed by atoms with Crippen LogP contribution in [-0.4, -0.2) is 31.3 Å². The Hall–Kier alpha value is -2.14. The topological polar surface area (TPSA) is 53.5 Å². The van der Waals surface area contributed by atoms with Crippen molar-refractivity contribution in [1.29, 1.82) is 0 Å². The van der Waals surface area contributed by atoms with E-state index in [1.54, 1.807) is 20.3 Å². The summed E-state index contributed by atoms with van der Waals surface area (Å²) in [5, 5.41) is 0. The Kier molecular flexibility index (Phi) is 4.53. The highest BCUT2D eigenvalue weighted by molar-refractivity contribution is 5.61. The third-order valence-electron chi connectivity index (χ3n) is 3.08. The first-order chi connectivity index (χ1) is 9.67. The third kappa shape index (κ3) is 3.05. The van der Waals surface area contributed by atoms with Crippen LogP contribution in [0.25, 0.3) is 11.3 Å². The van der Waals surface area contributed by atoms with Crippen molar-refractivity contribution < 1.29 is 14.2 Å². The molecule has 1 atom stereocenters. The molecule has 0 amide bonds. The Morgan fingerprint density at radius 2 is 1.80 bits per heavy atom. The van der Waals surface area contributed by atoms with Gasteiger partial charge in [-0.1, -0.05) is 18.2 Å². The van der Waals surface area contributed by atoms with Crippen LogP contribution in [0.3, 0.4) is 0 Å². The molecule has 0 fully saturated rings. The molecule has 1 heterocycles. The summed E-state index contributed by atoms with van der Waals surface area (Å²) in [7, 11) is 4.78. The first-order valence-electron chi connectivity index (χ1n) is 6.28. The maximum Gasteiger partial charge on any atom is 0.320 e. The first kappa shape index (κ1) is 14.3. The highest BCUT2D eigenvalue weighted by atomic mass is 16.5. The fourth-order valence-corrected chi connectivity index (χ4v) is 1.83. The quantitative estimate of drug-likeness (QED) is 0.839. The smallest absolute Gasteiger partial charge is 0.320 e. The predicted octanol–water partition coefficient (Wildman–Crippen LogP) is 2.87. The Labute approximate surface area is 118 Å². The molecule has 2 rings (SSSR count). The van der Waals surface area contributed by atoms with Gasteiger partial charge in [-0.05, 0) is 18.6 Å². The second kappa shape index (κ2) is 6.34. The maximum atomic E-state index is 5.33. The average molecular weight is 274 g/mol. The molecule has 0 saturated heterocycles. The number of benzene rings is 1. The number of hydrogen-bond acceptors (Lipinski definition) is 5. The van der Waals surface area contributed by atoms with E-state index in [0.29, 0.717) is 5.88 Å². The normalized spacial score (nSPS) is 12.0. The second-order valence-corrected chi connectivity index (χ2v) is 4.29. The largest absolute Gasteiger partial charge is 0.481 e. The van der Waals surface area contributed by atoms with E-state index in [0.717, 1.165) is 16.8 Å². The molecule has 0 aliphatic heterocycles. The van der Waals surface area contributed by atoms with Crippen molar-refractivity contribution in [3.8, 4) is 23.1 Å². The molecule has 20 heavy (non-hydrogen) atoms. The van der Waals surface area contributed by atoms with Crippen LogP contribution in [0, 0.1) is 0 Å². The summed E-state index contributed by atoms with van der Waals surface area (Å²) in [5.74, 6) is 0.469. The lowest BCUT2D eigenvalue weighted by Gasteiger charge is -2.12. The van der Waals surface area contributed by atoms with E-state index in [9.17, 15) is 0 Å². The maximum absolute atomic E-state index is 5.33. The summed E-state index contributed by atoms with van der Waals surface area (Å²) < 4.78 is 15.6. The molecular weight excluding hydrogens is 256 g/mol. The van der Waals surface area contributed by atoms with Gasteiger partial charge in [0.1, 0.15) is 0 Å². The number of hydrogen-bond donors (Lipinski definition) is 0. The van der Waals surface area contributed by atoms with Crippen LogP contribution < -0.4 is 9.47 Å². The van der Waals surface area contributed by atoms with E-state index in [1.807, 2.05) is 31.2 Å². The van der Waals surface area contributed by atoms with Crippen LogP contribution >= 0.6 is 0 Å². The van der Waals surface area contributed by atoms with Gasteiger partial charge >= 0.3 is 6.01 Å². The van der Waals surface area contributed by atoms with E-state index in [4.69, 9.17) is 14.2 Å². The number of aromatic nitrogens is 2. The van der Waals surface area contributed by atoms with Crippen molar-refractivity contribution >= 4 is 0 Å². The SMILES string of the molecule is COc1cc(-c2cccc([C@H](C)OC)c2)nc(OC)n1. The Bertz CT molecular complexity index is 565. The highest BCUT2D eigenvalue weighted by Gasteiger charge is 2.10. The molecule has 1 aromatic heterocycles. The van der Waals surface area contributed by atoms with Crippen LogP contribution in [0.15, 0.2) is 30.3 Å². The van der Waals surface area contributed by atoms with Crippen LogP contribution in [0.1, 0.15) is 18.6 Å². The average Bonchev–Trinajstić information content (AvgIpc) is 2.53. The van der Waals surface area contributed by atoms with Crippen molar-refractivity contribution in [2.45, 2.75) is 13.0 Å². The zero-order chi connectivity index (χ0) is 14.5. The van der Waals surface area contributed by atoms with Gasteiger partial charge in [0, 0.05) is 18.7 Å². The number of rotatable bonds is 5. The minimum Gasteiger partial charge on any atom is -0.481 e. The molecule has 0 spiro atoms. The van der Waals surface area contributed by atoms with Crippen molar-refractivity contribution in [2.24, 2.45) is 0 Å². The van der Waals surface area contributed by atoms with E-state index >= 15 is 0 Å². The summed E-state index contributed by atoms with van der Waals surface area (Å²) in [6, 6.07) is 10.1. The van der Waals surface area contributed by atoms with E-state index < -0.39 is 0 Å². The molecule has 5 nitrogen and oxygen atoms in total. The minimum absolute atomic E-state index is 0.0283. The monoisotopic (exact) mass is 274 g/mol. The Morgan fingerprint density at radius 1 is 1.00 bits per heavy atom. The molecule has 1 aromatic carbocycles. The minimum atomic E-state index is 0.0283. The van der Waals surface area contributed by atoms with E-state index in [1.165, 1.54) is 7.11 Å². The van der Waals surface area contributed by atoms with Gasteiger partial charge in [-0.3, -0.25) is 0 Å². The van der Waals surface area contributed by atoms with Gasteiger partial charge in [-0.25, -0.2) is 0 Å². The third-order valence-corrected chi connectivity index (χ3v) is 3.08.